The summed E-state index contributed by atoms with van der Waals surface area (Å²) in [4.78, 5) is 10.4. The van der Waals surface area contributed by atoms with Crippen molar-refractivity contribution in [3.8, 4) is 0 Å². The van der Waals surface area contributed by atoms with Gasteiger partial charge in [-0.25, -0.2) is 13.1 Å². The standard InChI is InChI=1S/C9H12ClN3O4S/c10-6-3-5(11)1-2-8(6)18(16,17)13-4-7(14)9(12)15/h1-3,7,13-14H,4,11H2,(H2,12,15). The topological polar surface area (TPSA) is 136 Å². The molecule has 0 bridgehead atoms. The lowest BCUT2D eigenvalue weighted by Gasteiger charge is -2.10. The van der Waals surface area contributed by atoms with Crippen molar-refractivity contribution >= 4 is 33.2 Å². The van der Waals surface area contributed by atoms with Crippen LogP contribution in [0.25, 0.3) is 0 Å². The summed E-state index contributed by atoms with van der Waals surface area (Å²) in [5, 5.41) is 9.04. The molecule has 18 heavy (non-hydrogen) atoms. The number of benzene rings is 1. The number of amides is 1. The number of anilines is 1. The molecular weight excluding hydrogens is 282 g/mol. The van der Waals surface area contributed by atoms with Gasteiger partial charge in [-0.3, -0.25) is 4.79 Å². The molecule has 0 fully saturated rings. The van der Waals surface area contributed by atoms with Crippen molar-refractivity contribution in [3.05, 3.63) is 23.2 Å². The fourth-order valence-corrected chi connectivity index (χ4v) is 2.69. The van der Waals surface area contributed by atoms with Crippen molar-refractivity contribution in [2.75, 3.05) is 12.3 Å². The molecule has 0 saturated carbocycles. The fraction of sp³-hybridized carbons (Fsp3) is 0.222. The van der Waals surface area contributed by atoms with Crippen LogP contribution in [0.4, 0.5) is 5.69 Å². The Morgan fingerprint density at radius 3 is 2.61 bits per heavy atom. The first-order valence-electron chi connectivity index (χ1n) is 4.76. The normalized spacial score (nSPS) is 13.2. The number of sulfonamides is 1. The minimum absolute atomic E-state index is 0.0592. The molecule has 0 heterocycles. The van der Waals surface area contributed by atoms with Crippen molar-refractivity contribution in [1.29, 1.82) is 0 Å². The van der Waals surface area contributed by atoms with E-state index in [1.54, 1.807) is 0 Å². The van der Waals surface area contributed by atoms with Gasteiger partial charge in [0.1, 0.15) is 11.0 Å². The third kappa shape index (κ3) is 3.57. The first kappa shape index (κ1) is 14.7. The third-order valence-corrected chi connectivity index (χ3v) is 3.95. The van der Waals surface area contributed by atoms with Crippen LogP contribution in [0.15, 0.2) is 23.1 Å². The van der Waals surface area contributed by atoms with Crippen molar-refractivity contribution < 1.29 is 18.3 Å². The van der Waals surface area contributed by atoms with Gasteiger partial charge in [0.25, 0.3) is 0 Å². The van der Waals surface area contributed by atoms with Crippen LogP contribution in [0.3, 0.4) is 0 Å². The monoisotopic (exact) mass is 293 g/mol. The van der Waals surface area contributed by atoms with Gasteiger partial charge in [0.15, 0.2) is 0 Å². The second-order valence-corrected chi connectivity index (χ2v) is 5.60. The van der Waals surface area contributed by atoms with Gasteiger partial charge in [-0.2, -0.15) is 0 Å². The molecule has 1 rings (SSSR count). The van der Waals surface area contributed by atoms with E-state index in [1.165, 1.54) is 18.2 Å². The van der Waals surface area contributed by atoms with E-state index in [2.05, 4.69) is 0 Å². The van der Waals surface area contributed by atoms with Gasteiger partial charge in [-0.05, 0) is 18.2 Å². The first-order chi connectivity index (χ1) is 8.24. The zero-order valence-corrected chi connectivity index (χ0v) is 10.7. The second-order valence-electron chi connectivity index (χ2n) is 3.46. The molecule has 9 heteroatoms. The summed E-state index contributed by atoms with van der Waals surface area (Å²) in [7, 11) is -3.94. The molecule has 1 aromatic rings. The molecule has 1 atom stereocenters. The summed E-state index contributed by atoms with van der Waals surface area (Å²) < 4.78 is 25.6. The number of primary amides is 1. The van der Waals surface area contributed by atoms with Crippen LogP contribution in [0.1, 0.15) is 0 Å². The number of nitrogens with one attached hydrogen (secondary N) is 1. The molecule has 0 radical (unpaired) electrons. The number of rotatable bonds is 5. The Labute approximate surface area is 109 Å². The Hall–Kier alpha value is -1.35. The number of nitrogens with two attached hydrogens (primary N) is 2. The van der Waals surface area contributed by atoms with Gasteiger partial charge < -0.3 is 16.6 Å². The largest absolute Gasteiger partial charge is 0.399 e. The van der Waals surface area contributed by atoms with Crippen molar-refractivity contribution in [2.24, 2.45) is 5.73 Å². The smallest absolute Gasteiger partial charge is 0.247 e. The third-order valence-electron chi connectivity index (χ3n) is 2.04. The zero-order valence-electron chi connectivity index (χ0n) is 9.13. The number of nitrogen functional groups attached to an aromatic ring is 1. The van der Waals surface area contributed by atoms with Crippen LogP contribution in [-0.4, -0.2) is 32.1 Å². The summed E-state index contributed by atoms with van der Waals surface area (Å²) in [6.45, 7) is -0.529. The Morgan fingerprint density at radius 2 is 2.11 bits per heavy atom. The summed E-state index contributed by atoms with van der Waals surface area (Å²) in [6, 6.07) is 3.86. The first-order valence-corrected chi connectivity index (χ1v) is 6.62. The number of hydrogen-bond donors (Lipinski definition) is 4. The minimum atomic E-state index is -3.94. The molecule has 0 spiro atoms. The Kier molecular flexibility index (Phi) is 4.52. The van der Waals surface area contributed by atoms with Gasteiger partial charge in [-0.1, -0.05) is 11.6 Å². The summed E-state index contributed by atoms with van der Waals surface area (Å²) in [5.41, 5.74) is 10.5. The maximum atomic E-state index is 11.8. The van der Waals surface area contributed by atoms with E-state index in [-0.39, 0.29) is 9.92 Å². The second kappa shape index (κ2) is 5.53. The molecule has 0 aliphatic rings. The minimum Gasteiger partial charge on any atom is -0.399 e. The van der Waals surface area contributed by atoms with Crippen LogP contribution in [-0.2, 0) is 14.8 Å². The fourth-order valence-electron chi connectivity index (χ4n) is 1.10. The van der Waals surface area contributed by atoms with Gasteiger partial charge in [-0.15, -0.1) is 0 Å². The Balaban J connectivity index is 2.90. The molecular formula is C9H12ClN3O4S. The number of hydrogen-bond acceptors (Lipinski definition) is 5. The number of aliphatic hydroxyl groups excluding tert-OH is 1. The summed E-state index contributed by atoms with van der Waals surface area (Å²) >= 11 is 5.74. The van der Waals surface area contributed by atoms with Crippen molar-refractivity contribution in [2.45, 2.75) is 11.0 Å². The van der Waals surface area contributed by atoms with Crippen LogP contribution >= 0.6 is 11.6 Å². The predicted octanol–water partition coefficient (Wildman–Crippen LogP) is -0.953. The van der Waals surface area contributed by atoms with Gasteiger partial charge >= 0.3 is 0 Å². The zero-order chi connectivity index (χ0) is 13.9. The molecule has 100 valence electrons. The molecule has 0 saturated heterocycles. The number of carbonyl (C=O) groups is 1. The maximum absolute atomic E-state index is 11.8. The van der Waals surface area contributed by atoms with Crippen LogP contribution in [0.2, 0.25) is 5.02 Å². The van der Waals surface area contributed by atoms with Crippen molar-refractivity contribution in [3.63, 3.8) is 0 Å². The Morgan fingerprint density at radius 1 is 1.50 bits per heavy atom. The molecule has 0 aromatic heterocycles. The molecule has 0 aliphatic heterocycles. The lowest BCUT2D eigenvalue weighted by molar-refractivity contribution is -0.125. The summed E-state index contributed by atoms with van der Waals surface area (Å²) in [6.07, 6.45) is -1.60. The van der Waals surface area contributed by atoms with Crippen LogP contribution in [0, 0.1) is 0 Å². The van der Waals surface area contributed by atoms with E-state index in [0.29, 0.717) is 5.69 Å². The number of aliphatic hydroxyl groups is 1. The maximum Gasteiger partial charge on any atom is 0.247 e. The summed E-state index contributed by atoms with van der Waals surface area (Å²) in [5.74, 6) is -1.03. The van der Waals surface area contributed by atoms with E-state index >= 15 is 0 Å². The van der Waals surface area contributed by atoms with Gasteiger partial charge in [0, 0.05) is 12.2 Å². The highest BCUT2D eigenvalue weighted by Crippen LogP contribution is 2.23. The highest BCUT2D eigenvalue weighted by molar-refractivity contribution is 7.89. The SMILES string of the molecule is NC(=O)C(O)CNS(=O)(=O)c1ccc(N)cc1Cl. The van der Waals surface area contributed by atoms with Crippen LogP contribution < -0.4 is 16.2 Å². The molecule has 1 unspecified atom stereocenters. The lowest BCUT2D eigenvalue weighted by atomic mass is 10.3. The number of halogens is 1. The average Bonchev–Trinajstić information content (AvgIpc) is 2.25. The highest BCUT2D eigenvalue weighted by atomic mass is 35.5. The van der Waals surface area contributed by atoms with Crippen LogP contribution in [0.5, 0.6) is 0 Å². The van der Waals surface area contributed by atoms with Crippen molar-refractivity contribution in [1.82, 2.24) is 4.72 Å². The number of carbonyl (C=O) groups excluding carboxylic acids is 1. The molecule has 1 amide bonds. The molecule has 1 aromatic carbocycles. The van der Waals surface area contributed by atoms with E-state index in [0.717, 1.165) is 0 Å². The quantitative estimate of drug-likeness (QED) is 0.519. The Bertz CT molecular complexity index is 561. The van der Waals surface area contributed by atoms with Gasteiger partial charge in [0.2, 0.25) is 15.9 Å². The predicted molar refractivity (Wildman–Crippen MR) is 66.3 cm³/mol. The lowest BCUT2D eigenvalue weighted by Crippen LogP contribution is -2.39. The average molecular weight is 294 g/mol. The molecule has 7 nitrogen and oxygen atoms in total. The highest BCUT2D eigenvalue weighted by Gasteiger charge is 2.20. The van der Waals surface area contributed by atoms with E-state index in [4.69, 9.17) is 28.2 Å². The van der Waals surface area contributed by atoms with E-state index in [1.807, 2.05) is 4.72 Å². The molecule has 6 N–H and O–H groups in total. The molecule has 0 aliphatic carbocycles. The van der Waals surface area contributed by atoms with E-state index in [9.17, 15) is 13.2 Å². The van der Waals surface area contributed by atoms with Gasteiger partial charge in [0.05, 0.1) is 5.02 Å². The van der Waals surface area contributed by atoms with E-state index < -0.39 is 28.6 Å².